The van der Waals surface area contributed by atoms with Crippen molar-refractivity contribution in [3.8, 4) is 11.3 Å². The zero-order valence-corrected chi connectivity index (χ0v) is 16.3. The van der Waals surface area contributed by atoms with Crippen LogP contribution in [0.25, 0.3) is 21.7 Å². The molecule has 0 aliphatic rings. The van der Waals surface area contributed by atoms with Crippen LogP contribution in [0.5, 0.6) is 0 Å². The molecule has 0 atom stereocenters. The predicted octanol–water partition coefficient (Wildman–Crippen LogP) is 5.26. The van der Waals surface area contributed by atoms with E-state index in [2.05, 4.69) is 53.0 Å². The van der Waals surface area contributed by atoms with Gasteiger partial charge in [-0.2, -0.15) is 0 Å². The van der Waals surface area contributed by atoms with Crippen molar-refractivity contribution in [3.63, 3.8) is 0 Å². The molecule has 2 rings (SSSR count). The summed E-state index contributed by atoms with van der Waals surface area (Å²) in [5.41, 5.74) is 10.6. The van der Waals surface area contributed by atoms with E-state index in [1.807, 2.05) is 23.0 Å². The van der Waals surface area contributed by atoms with Gasteiger partial charge < -0.3 is 0 Å². The van der Waals surface area contributed by atoms with Crippen LogP contribution in [0.3, 0.4) is 0 Å². The summed E-state index contributed by atoms with van der Waals surface area (Å²) >= 11 is 0. The number of nitrogens with zero attached hydrogens (tertiary/aromatic N) is 7. The van der Waals surface area contributed by atoms with Crippen molar-refractivity contribution in [1.82, 2.24) is 20.0 Å². The second-order valence-corrected chi connectivity index (χ2v) is 8.42. The molecule has 0 saturated heterocycles. The minimum Gasteiger partial charge on any atom is -0.264 e. The first-order valence-corrected chi connectivity index (χ1v) is 9.13. The number of hydrogen-bond acceptors (Lipinski definition) is 4. The monoisotopic (exact) mass is 355 g/mol. The average Bonchev–Trinajstić information content (AvgIpc) is 3.06. The molecule has 0 radical (unpaired) electrons. The van der Waals surface area contributed by atoms with E-state index in [9.17, 15) is 0 Å². The molecule has 0 unspecified atom stereocenters. The molecular formula is C19H29N7. The molecule has 0 aromatic carbocycles. The van der Waals surface area contributed by atoms with Crippen molar-refractivity contribution >= 4 is 0 Å². The number of rotatable bonds is 10. The molecule has 2 heterocycles. The molecule has 7 heteroatoms. The van der Waals surface area contributed by atoms with E-state index in [1.165, 1.54) is 0 Å². The lowest BCUT2D eigenvalue weighted by atomic mass is 9.71. The smallest absolute Gasteiger partial charge is 0.114 e. The minimum atomic E-state index is 0.197. The topological polar surface area (TPSA) is 92.4 Å². The lowest BCUT2D eigenvalue weighted by Gasteiger charge is -2.35. The molecule has 140 valence electrons. The van der Waals surface area contributed by atoms with Crippen LogP contribution in [-0.2, 0) is 6.54 Å². The zero-order valence-electron chi connectivity index (χ0n) is 16.3. The lowest BCUT2D eigenvalue weighted by Crippen LogP contribution is -2.25. The van der Waals surface area contributed by atoms with Crippen LogP contribution in [-0.4, -0.2) is 26.5 Å². The molecule has 0 saturated carbocycles. The van der Waals surface area contributed by atoms with Crippen molar-refractivity contribution in [2.24, 2.45) is 15.9 Å². The molecule has 0 N–H and O–H groups in total. The summed E-state index contributed by atoms with van der Waals surface area (Å²) in [5, 5.41) is 12.1. The Hall–Kier alpha value is -2.40. The fourth-order valence-electron chi connectivity index (χ4n) is 3.62. The minimum absolute atomic E-state index is 0.197. The predicted molar refractivity (Wildman–Crippen MR) is 103 cm³/mol. The summed E-state index contributed by atoms with van der Waals surface area (Å²) < 4.78 is 1.92. The van der Waals surface area contributed by atoms with Gasteiger partial charge in [0.15, 0.2) is 0 Å². The maximum Gasteiger partial charge on any atom is 0.114 e. The van der Waals surface area contributed by atoms with E-state index < -0.39 is 0 Å². The van der Waals surface area contributed by atoms with Crippen LogP contribution in [0.4, 0.5) is 0 Å². The van der Waals surface area contributed by atoms with Gasteiger partial charge >= 0.3 is 0 Å². The highest BCUT2D eigenvalue weighted by atomic mass is 15.4. The number of aromatic nitrogens is 4. The first-order chi connectivity index (χ1) is 12.3. The molecule has 2 aromatic heterocycles. The van der Waals surface area contributed by atoms with Crippen LogP contribution in [0.2, 0.25) is 0 Å². The largest absolute Gasteiger partial charge is 0.264 e. The van der Waals surface area contributed by atoms with Gasteiger partial charge in [-0.05, 0) is 54.2 Å². The molecule has 0 bridgehead atoms. The molecule has 0 aliphatic carbocycles. The van der Waals surface area contributed by atoms with Crippen molar-refractivity contribution in [2.75, 3.05) is 6.54 Å². The van der Waals surface area contributed by atoms with Crippen molar-refractivity contribution in [2.45, 2.75) is 59.9 Å². The first kappa shape index (κ1) is 19.9. The van der Waals surface area contributed by atoms with Crippen molar-refractivity contribution in [3.05, 3.63) is 41.2 Å². The van der Waals surface area contributed by atoms with Crippen LogP contribution in [0, 0.1) is 10.8 Å². The summed E-state index contributed by atoms with van der Waals surface area (Å²) in [6.07, 6.45) is 9.68. The number of pyridine rings is 1. The fraction of sp³-hybridized carbons (Fsp3) is 0.632. The number of hydrogen-bond donors (Lipinski definition) is 0. The second-order valence-electron chi connectivity index (χ2n) is 8.42. The molecular weight excluding hydrogens is 326 g/mol. The molecule has 0 fully saturated rings. The van der Waals surface area contributed by atoms with E-state index in [1.54, 1.807) is 12.4 Å². The molecule has 0 amide bonds. The fourth-order valence-corrected chi connectivity index (χ4v) is 3.62. The van der Waals surface area contributed by atoms with Crippen molar-refractivity contribution in [1.29, 1.82) is 0 Å². The van der Waals surface area contributed by atoms with Gasteiger partial charge in [0.25, 0.3) is 0 Å². The van der Waals surface area contributed by atoms with Crippen LogP contribution in [0.1, 0.15) is 53.4 Å². The maximum absolute atomic E-state index is 8.38. The molecule has 26 heavy (non-hydrogen) atoms. The van der Waals surface area contributed by atoms with E-state index in [-0.39, 0.29) is 10.8 Å². The van der Waals surface area contributed by atoms with Gasteiger partial charge in [0.1, 0.15) is 5.69 Å². The summed E-state index contributed by atoms with van der Waals surface area (Å²) in [6, 6.07) is 3.89. The van der Waals surface area contributed by atoms with Gasteiger partial charge in [-0.15, -0.1) is 5.10 Å². The third-order valence-electron chi connectivity index (χ3n) is 4.65. The molecule has 0 spiro atoms. The molecule has 7 nitrogen and oxygen atoms in total. The van der Waals surface area contributed by atoms with E-state index >= 15 is 0 Å². The van der Waals surface area contributed by atoms with E-state index in [0.29, 0.717) is 6.54 Å². The van der Waals surface area contributed by atoms with Gasteiger partial charge in [-0.3, -0.25) is 9.67 Å². The Morgan fingerprint density at radius 3 is 2.65 bits per heavy atom. The van der Waals surface area contributed by atoms with Crippen molar-refractivity contribution < 1.29 is 0 Å². The first-order valence-electron chi connectivity index (χ1n) is 9.13. The number of azide groups is 1. The summed E-state index contributed by atoms with van der Waals surface area (Å²) in [7, 11) is 0. The highest BCUT2D eigenvalue weighted by Crippen LogP contribution is 2.39. The van der Waals surface area contributed by atoms with Crippen LogP contribution >= 0.6 is 0 Å². The van der Waals surface area contributed by atoms with Gasteiger partial charge in [0.2, 0.25) is 0 Å². The maximum atomic E-state index is 8.38. The Morgan fingerprint density at radius 2 is 1.96 bits per heavy atom. The summed E-state index contributed by atoms with van der Waals surface area (Å²) in [4.78, 5) is 6.95. The Kier molecular flexibility index (Phi) is 6.75. The Morgan fingerprint density at radius 1 is 1.19 bits per heavy atom. The van der Waals surface area contributed by atoms with Crippen LogP contribution < -0.4 is 0 Å². The summed E-state index contributed by atoms with van der Waals surface area (Å²) in [6.45, 7) is 10.6. The second kappa shape index (κ2) is 8.81. The van der Waals surface area contributed by atoms with Gasteiger partial charge in [-0.1, -0.05) is 38.0 Å². The quantitative estimate of drug-likeness (QED) is 0.252. The van der Waals surface area contributed by atoms with E-state index in [4.69, 9.17) is 5.53 Å². The SMILES string of the molecule is CC(C)(CCCN=[N+]=[N-])CC(C)(C)CCn1cc(-c2cccnc2)nn1. The highest BCUT2D eigenvalue weighted by molar-refractivity contribution is 5.55. The Bertz CT molecular complexity index is 727. The van der Waals surface area contributed by atoms with Gasteiger partial charge in [0, 0.05) is 36.0 Å². The highest BCUT2D eigenvalue weighted by Gasteiger charge is 2.28. The Labute approximate surface area is 155 Å². The molecule has 2 aromatic rings. The third kappa shape index (κ3) is 6.48. The van der Waals surface area contributed by atoms with E-state index in [0.717, 1.165) is 43.5 Å². The normalized spacial score (nSPS) is 12.0. The summed E-state index contributed by atoms with van der Waals surface area (Å²) in [5.74, 6) is 0. The zero-order chi connectivity index (χ0) is 19.0. The average molecular weight is 355 g/mol. The number of aryl methyl sites for hydroxylation is 1. The molecule has 0 aliphatic heterocycles. The van der Waals surface area contributed by atoms with Gasteiger partial charge in [-0.25, -0.2) is 0 Å². The standard InChI is InChI=1S/C19H29N7/c1-18(2,8-6-11-22-24-20)15-19(3,4)9-12-26-14-17(23-25-26)16-7-5-10-21-13-16/h5,7,10,13-14H,6,8-9,11-12,15H2,1-4H3. The third-order valence-corrected chi connectivity index (χ3v) is 4.65. The lowest BCUT2D eigenvalue weighted by molar-refractivity contribution is 0.162. The Balaban J connectivity index is 1.87. The van der Waals surface area contributed by atoms with Crippen LogP contribution in [0.15, 0.2) is 35.8 Å². The van der Waals surface area contributed by atoms with Gasteiger partial charge in [0.05, 0.1) is 6.20 Å².